The molecule has 2 aliphatic rings. The average Bonchev–Trinajstić information content (AvgIpc) is 3.81. The third kappa shape index (κ3) is 5.59. The quantitative estimate of drug-likeness (QED) is 0.186. The van der Waals surface area contributed by atoms with E-state index in [9.17, 15) is 13.2 Å². The molecule has 0 atom stereocenters. The molecule has 0 unspecified atom stereocenters. The van der Waals surface area contributed by atoms with Crippen LogP contribution in [-0.4, -0.2) is 37.0 Å². The zero-order valence-corrected chi connectivity index (χ0v) is 27.8. The predicted octanol–water partition coefficient (Wildman–Crippen LogP) is 7.65. The van der Waals surface area contributed by atoms with Gasteiger partial charge in [0.2, 0.25) is 16.8 Å². The summed E-state index contributed by atoms with van der Waals surface area (Å²) in [7, 11) is -3.72. The number of rotatable bonds is 7. The summed E-state index contributed by atoms with van der Waals surface area (Å²) in [4.78, 5) is 19.8. The smallest absolute Gasteiger partial charge is 0.256 e. The maximum absolute atomic E-state index is 13.7. The molecule has 1 amide bonds. The fraction of sp³-hybridized carbons (Fsp3) is 0.167. The van der Waals surface area contributed by atoms with Crippen molar-refractivity contribution in [2.45, 2.75) is 31.2 Å². The van der Waals surface area contributed by atoms with Gasteiger partial charge in [0, 0.05) is 35.5 Å². The number of aromatic nitrogens is 1. The van der Waals surface area contributed by atoms with Crippen LogP contribution in [0, 0.1) is 6.92 Å². The molecule has 47 heavy (non-hydrogen) atoms. The average molecular weight is 680 g/mol. The molecule has 0 bridgehead atoms. The third-order valence-electron chi connectivity index (χ3n) is 8.63. The molecule has 236 valence electrons. The standard InChI is InChI=1S/C36H29N3O5S3/c1-22-32(19-23-10-15-29-30(18-23)44-21-43-29)46-36(33(22)35-37-28-8-4-5-9-31(28)45-35)38-34(40)25-11-13-27(14-12-25)47(41,42)39-17-16-24-6-2-3-7-26(24)20-39/h2-15,18H,16-17,19-21H2,1H3,(H,38,40). The second-order valence-electron chi connectivity index (χ2n) is 11.5. The molecule has 4 heterocycles. The summed E-state index contributed by atoms with van der Waals surface area (Å²) in [6.45, 7) is 3.03. The van der Waals surface area contributed by atoms with Crippen molar-refractivity contribution >= 4 is 53.8 Å². The topological polar surface area (TPSA) is 97.8 Å². The van der Waals surface area contributed by atoms with Gasteiger partial charge in [-0.3, -0.25) is 4.79 Å². The highest BCUT2D eigenvalue weighted by atomic mass is 32.2. The Morgan fingerprint density at radius 3 is 2.51 bits per heavy atom. The molecular weight excluding hydrogens is 651 g/mol. The first-order chi connectivity index (χ1) is 22.8. The van der Waals surface area contributed by atoms with Gasteiger partial charge in [0.1, 0.15) is 10.0 Å². The number of thiophene rings is 1. The van der Waals surface area contributed by atoms with Gasteiger partial charge in [-0.25, -0.2) is 13.4 Å². The number of carbonyl (C=O) groups excluding carboxylic acids is 1. The molecule has 0 saturated carbocycles. The van der Waals surface area contributed by atoms with Gasteiger partial charge in [0.05, 0.1) is 15.1 Å². The SMILES string of the molecule is Cc1c(Cc2ccc3c(c2)OCO3)sc(NC(=O)c2ccc(S(=O)(=O)N3CCc4ccccc4C3)cc2)c1-c1nc2ccccc2s1. The molecule has 0 fully saturated rings. The normalized spacial score (nSPS) is 14.3. The minimum atomic E-state index is -3.72. The molecule has 0 spiro atoms. The number of para-hydroxylation sites is 1. The highest BCUT2D eigenvalue weighted by Gasteiger charge is 2.29. The summed E-state index contributed by atoms with van der Waals surface area (Å²) in [5.74, 6) is 1.14. The van der Waals surface area contributed by atoms with E-state index in [0.717, 1.165) is 53.9 Å². The number of anilines is 1. The van der Waals surface area contributed by atoms with Crippen LogP contribution in [0.15, 0.2) is 95.9 Å². The maximum atomic E-state index is 13.7. The van der Waals surface area contributed by atoms with Crippen molar-refractivity contribution in [1.29, 1.82) is 0 Å². The lowest BCUT2D eigenvalue weighted by Crippen LogP contribution is -2.35. The van der Waals surface area contributed by atoms with Crippen LogP contribution in [0.2, 0.25) is 0 Å². The fourth-order valence-corrected chi connectivity index (χ4v) is 9.86. The number of amides is 1. The van der Waals surface area contributed by atoms with E-state index in [1.54, 1.807) is 23.5 Å². The lowest BCUT2D eigenvalue weighted by molar-refractivity contribution is 0.102. The Bertz CT molecular complexity index is 2240. The van der Waals surface area contributed by atoms with Crippen molar-refractivity contribution in [3.8, 4) is 22.1 Å². The number of ether oxygens (including phenoxy) is 2. The van der Waals surface area contributed by atoms with Crippen molar-refractivity contribution < 1.29 is 22.7 Å². The van der Waals surface area contributed by atoms with Crippen molar-refractivity contribution in [3.05, 3.63) is 124 Å². The Kier molecular flexibility index (Phi) is 7.56. The summed E-state index contributed by atoms with van der Waals surface area (Å²) in [6.07, 6.45) is 1.32. The minimum Gasteiger partial charge on any atom is -0.454 e. The van der Waals surface area contributed by atoms with E-state index in [0.29, 0.717) is 36.5 Å². The molecule has 8 nitrogen and oxygen atoms in total. The van der Waals surface area contributed by atoms with Gasteiger partial charge in [-0.1, -0.05) is 42.5 Å². The molecular formula is C36H29N3O5S3. The zero-order valence-electron chi connectivity index (χ0n) is 25.4. The number of nitrogens with zero attached hydrogens (tertiary/aromatic N) is 2. The summed E-state index contributed by atoms with van der Waals surface area (Å²) >= 11 is 3.11. The largest absolute Gasteiger partial charge is 0.454 e. The Morgan fingerprint density at radius 1 is 0.915 bits per heavy atom. The first-order valence-electron chi connectivity index (χ1n) is 15.2. The predicted molar refractivity (Wildman–Crippen MR) is 185 cm³/mol. The highest BCUT2D eigenvalue weighted by Crippen LogP contribution is 2.45. The van der Waals surface area contributed by atoms with Crippen LogP contribution in [0.4, 0.5) is 5.00 Å². The summed E-state index contributed by atoms with van der Waals surface area (Å²) < 4.78 is 40.7. The van der Waals surface area contributed by atoms with Crippen LogP contribution in [-0.2, 0) is 29.4 Å². The number of benzene rings is 4. The fourth-order valence-electron chi connectivity index (χ4n) is 6.07. The van der Waals surface area contributed by atoms with Gasteiger partial charge >= 0.3 is 0 Å². The van der Waals surface area contributed by atoms with E-state index in [4.69, 9.17) is 14.5 Å². The van der Waals surface area contributed by atoms with Crippen LogP contribution >= 0.6 is 22.7 Å². The number of hydrogen-bond acceptors (Lipinski definition) is 8. The van der Waals surface area contributed by atoms with Gasteiger partial charge < -0.3 is 14.8 Å². The molecule has 2 aromatic heterocycles. The van der Waals surface area contributed by atoms with Crippen LogP contribution in [0.3, 0.4) is 0 Å². The van der Waals surface area contributed by atoms with E-state index in [-0.39, 0.29) is 17.6 Å². The second-order valence-corrected chi connectivity index (χ2v) is 15.6. The molecule has 8 rings (SSSR count). The van der Waals surface area contributed by atoms with E-state index < -0.39 is 10.0 Å². The number of carbonyl (C=O) groups is 1. The van der Waals surface area contributed by atoms with E-state index in [1.165, 1.54) is 33.3 Å². The highest BCUT2D eigenvalue weighted by molar-refractivity contribution is 7.89. The Balaban J connectivity index is 1.08. The Labute approximate surface area is 280 Å². The second kappa shape index (κ2) is 11.9. The van der Waals surface area contributed by atoms with Gasteiger partial charge in [-0.15, -0.1) is 22.7 Å². The molecule has 0 saturated heterocycles. The summed E-state index contributed by atoms with van der Waals surface area (Å²) in [5.41, 5.74) is 6.48. The zero-order chi connectivity index (χ0) is 32.1. The molecule has 11 heteroatoms. The van der Waals surface area contributed by atoms with Crippen molar-refractivity contribution in [3.63, 3.8) is 0 Å². The Hall–Kier alpha value is -4.55. The molecule has 6 aromatic rings. The number of fused-ring (bicyclic) bond motifs is 3. The van der Waals surface area contributed by atoms with E-state index >= 15 is 0 Å². The number of nitrogens with one attached hydrogen (secondary N) is 1. The third-order valence-corrected chi connectivity index (χ3v) is 12.8. The Morgan fingerprint density at radius 2 is 1.68 bits per heavy atom. The van der Waals surface area contributed by atoms with Gasteiger partial charge in [0.25, 0.3) is 5.91 Å². The molecule has 1 N–H and O–H groups in total. The number of hydrogen-bond donors (Lipinski definition) is 1. The van der Waals surface area contributed by atoms with E-state index in [2.05, 4.69) is 12.2 Å². The van der Waals surface area contributed by atoms with Crippen LogP contribution in [0.5, 0.6) is 11.5 Å². The summed E-state index contributed by atoms with van der Waals surface area (Å²) in [6, 6.07) is 28.0. The lowest BCUT2D eigenvalue weighted by atomic mass is 10.0. The molecule has 4 aromatic carbocycles. The lowest BCUT2D eigenvalue weighted by Gasteiger charge is -2.28. The molecule has 0 aliphatic carbocycles. The van der Waals surface area contributed by atoms with Crippen LogP contribution < -0.4 is 14.8 Å². The van der Waals surface area contributed by atoms with Gasteiger partial charge in [0.15, 0.2) is 11.5 Å². The van der Waals surface area contributed by atoms with Gasteiger partial charge in [-0.05, 0) is 84.1 Å². The van der Waals surface area contributed by atoms with Crippen LogP contribution in [0.25, 0.3) is 20.8 Å². The maximum Gasteiger partial charge on any atom is 0.256 e. The first kappa shape index (κ1) is 29.8. The van der Waals surface area contributed by atoms with Crippen molar-refractivity contribution in [1.82, 2.24) is 9.29 Å². The van der Waals surface area contributed by atoms with Crippen molar-refractivity contribution in [2.75, 3.05) is 18.7 Å². The van der Waals surface area contributed by atoms with Crippen molar-refractivity contribution in [2.24, 2.45) is 0 Å². The number of sulfonamides is 1. The van der Waals surface area contributed by atoms with Crippen LogP contribution in [0.1, 0.15) is 37.5 Å². The number of thiazole rings is 1. The monoisotopic (exact) mass is 679 g/mol. The minimum absolute atomic E-state index is 0.168. The molecule has 2 aliphatic heterocycles. The van der Waals surface area contributed by atoms with Gasteiger partial charge in [-0.2, -0.15) is 4.31 Å². The van der Waals surface area contributed by atoms with E-state index in [1.807, 2.05) is 66.7 Å². The summed E-state index contributed by atoms with van der Waals surface area (Å²) in [5, 5.41) is 4.66. The first-order valence-corrected chi connectivity index (χ1v) is 18.3. The molecule has 0 radical (unpaired) electrons.